The second-order valence-electron chi connectivity index (χ2n) is 7.13. The topological polar surface area (TPSA) is 83.4 Å². The molecule has 0 fully saturated rings. The van der Waals surface area contributed by atoms with Crippen LogP contribution in [0.4, 0.5) is 5.95 Å². The van der Waals surface area contributed by atoms with E-state index in [-0.39, 0.29) is 17.2 Å². The minimum absolute atomic E-state index is 0.0810. The van der Waals surface area contributed by atoms with E-state index in [1.54, 1.807) is 11.0 Å². The second-order valence-corrected chi connectivity index (χ2v) is 7.56. The van der Waals surface area contributed by atoms with Crippen molar-refractivity contribution in [2.24, 2.45) is 0 Å². The molecule has 0 bridgehead atoms. The summed E-state index contributed by atoms with van der Waals surface area (Å²) in [6.45, 7) is 6.16. The maximum absolute atomic E-state index is 12.9. The summed E-state index contributed by atoms with van der Waals surface area (Å²) in [7, 11) is 0. The molecular weight excluding hydrogens is 390 g/mol. The zero-order chi connectivity index (χ0) is 21.0. The summed E-state index contributed by atoms with van der Waals surface area (Å²) in [6.07, 6.45) is 3.67. The Morgan fingerprint density at radius 3 is 2.72 bits per heavy atom. The number of rotatable bonds is 8. The smallest absolute Gasteiger partial charge is 0.277 e. The number of carbonyl (C=O) groups is 1. The van der Waals surface area contributed by atoms with Crippen LogP contribution >= 0.6 is 11.6 Å². The third kappa shape index (κ3) is 4.67. The van der Waals surface area contributed by atoms with Gasteiger partial charge in [0, 0.05) is 17.0 Å². The van der Waals surface area contributed by atoms with Crippen LogP contribution in [0.25, 0.3) is 5.78 Å². The molecule has 3 rings (SSSR count). The van der Waals surface area contributed by atoms with E-state index in [4.69, 9.17) is 11.6 Å². The number of aromatic nitrogens is 4. The Morgan fingerprint density at radius 1 is 1.24 bits per heavy atom. The molecule has 0 aliphatic carbocycles. The van der Waals surface area contributed by atoms with Crippen molar-refractivity contribution >= 4 is 29.2 Å². The standard InChI is InChI=1S/C21H26ClN5O2/c1-4-6-11-17-14(3)23-20-24-21(25-27(20)19(17)29)26(18(28)8-5-2)13-15-9-7-10-16(22)12-15/h7,9-10,12H,4-6,8,11,13H2,1-3H3,(H,23,24,25). The lowest BCUT2D eigenvalue weighted by Crippen LogP contribution is -2.31. The summed E-state index contributed by atoms with van der Waals surface area (Å²) in [5, 5.41) is 3.59. The number of nitrogens with zero attached hydrogens (tertiary/aromatic N) is 4. The third-order valence-corrected chi connectivity index (χ3v) is 5.05. The number of unbranched alkanes of at least 4 members (excludes halogenated alkanes) is 1. The molecule has 2 aromatic heterocycles. The van der Waals surface area contributed by atoms with E-state index >= 15 is 0 Å². The quantitative estimate of drug-likeness (QED) is 0.601. The van der Waals surface area contributed by atoms with E-state index < -0.39 is 0 Å². The van der Waals surface area contributed by atoms with Crippen LogP contribution in [0.2, 0.25) is 5.02 Å². The normalized spacial score (nSPS) is 11.2. The van der Waals surface area contributed by atoms with Gasteiger partial charge in [-0.2, -0.15) is 9.50 Å². The highest BCUT2D eigenvalue weighted by Crippen LogP contribution is 2.18. The molecule has 154 valence electrons. The molecule has 1 amide bonds. The summed E-state index contributed by atoms with van der Waals surface area (Å²) < 4.78 is 1.33. The number of H-pyrrole nitrogens is 1. The lowest BCUT2D eigenvalue weighted by molar-refractivity contribution is -0.118. The van der Waals surface area contributed by atoms with Gasteiger partial charge in [-0.05, 0) is 43.9 Å². The number of amides is 1. The fourth-order valence-corrected chi connectivity index (χ4v) is 3.47. The van der Waals surface area contributed by atoms with Gasteiger partial charge in [-0.25, -0.2) is 4.98 Å². The fourth-order valence-electron chi connectivity index (χ4n) is 3.25. The predicted molar refractivity (Wildman–Crippen MR) is 115 cm³/mol. The Labute approximate surface area is 174 Å². The Balaban J connectivity index is 2.04. The Kier molecular flexibility index (Phi) is 6.69. The molecule has 2 heterocycles. The number of fused-ring (bicyclic) bond motifs is 1. The molecule has 1 N–H and O–H groups in total. The number of aryl methyl sites for hydroxylation is 1. The van der Waals surface area contributed by atoms with Gasteiger partial charge in [0.1, 0.15) is 0 Å². The zero-order valence-electron chi connectivity index (χ0n) is 17.0. The van der Waals surface area contributed by atoms with Gasteiger partial charge in [-0.1, -0.05) is 44.0 Å². The molecule has 0 spiro atoms. The summed E-state index contributed by atoms with van der Waals surface area (Å²) >= 11 is 6.09. The van der Waals surface area contributed by atoms with Crippen LogP contribution < -0.4 is 10.5 Å². The lowest BCUT2D eigenvalue weighted by atomic mass is 10.1. The van der Waals surface area contributed by atoms with Crippen LogP contribution in [0.5, 0.6) is 0 Å². The molecule has 8 heteroatoms. The van der Waals surface area contributed by atoms with Crippen LogP contribution in [0.15, 0.2) is 29.1 Å². The monoisotopic (exact) mass is 415 g/mol. The molecule has 7 nitrogen and oxygen atoms in total. The molecule has 29 heavy (non-hydrogen) atoms. The van der Waals surface area contributed by atoms with Crippen LogP contribution in [0.1, 0.15) is 56.4 Å². The van der Waals surface area contributed by atoms with Crippen molar-refractivity contribution in [1.82, 2.24) is 19.6 Å². The number of anilines is 1. The molecule has 0 saturated carbocycles. The average Bonchev–Trinajstić information content (AvgIpc) is 3.10. The summed E-state index contributed by atoms with van der Waals surface area (Å²) in [5.41, 5.74) is 2.08. The van der Waals surface area contributed by atoms with Gasteiger partial charge in [-0.3, -0.25) is 19.6 Å². The van der Waals surface area contributed by atoms with Gasteiger partial charge in [0.15, 0.2) is 0 Å². The highest BCUT2D eigenvalue weighted by Gasteiger charge is 2.21. The SMILES string of the molecule is CCCCc1c(C)nc2nc(N(Cc3cccc(Cl)c3)C(=O)CCC)[nH]n2c1=O. The predicted octanol–water partition coefficient (Wildman–Crippen LogP) is 4.06. The Bertz CT molecular complexity index is 1070. The van der Waals surface area contributed by atoms with Gasteiger partial charge in [0.25, 0.3) is 11.3 Å². The van der Waals surface area contributed by atoms with Crippen molar-refractivity contribution in [2.45, 2.75) is 59.4 Å². The maximum atomic E-state index is 12.9. The molecule has 0 unspecified atom stereocenters. The Hall–Kier alpha value is -2.67. The van der Waals surface area contributed by atoms with Crippen LogP contribution in [-0.2, 0) is 17.8 Å². The summed E-state index contributed by atoms with van der Waals surface area (Å²) in [5.74, 6) is 0.491. The van der Waals surface area contributed by atoms with Crippen molar-refractivity contribution in [2.75, 3.05) is 4.90 Å². The first-order valence-corrected chi connectivity index (χ1v) is 10.4. The fraction of sp³-hybridized carbons (Fsp3) is 0.429. The van der Waals surface area contributed by atoms with E-state index in [0.29, 0.717) is 48.0 Å². The molecule has 0 radical (unpaired) electrons. The number of hydrogen-bond donors (Lipinski definition) is 1. The van der Waals surface area contributed by atoms with Crippen LogP contribution in [0.3, 0.4) is 0 Å². The van der Waals surface area contributed by atoms with Gasteiger partial charge in [0.05, 0.1) is 12.2 Å². The van der Waals surface area contributed by atoms with Crippen molar-refractivity contribution in [3.63, 3.8) is 0 Å². The number of hydrogen-bond acceptors (Lipinski definition) is 4. The van der Waals surface area contributed by atoms with E-state index in [9.17, 15) is 9.59 Å². The van der Waals surface area contributed by atoms with Crippen molar-refractivity contribution in [1.29, 1.82) is 0 Å². The van der Waals surface area contributed by atoms with E-state index in [1.807, 2.05) is 32.0 Å². The van der Waals surface area contributed by atoms with Gasteiger partial charge in [0.2, 0.25) is 11.9 Å². The minimum atomic E-state index is -0.162. The average molecular weight is 416 g/mol. The largest absolute Gasteiger partial charge is 0.277 e. The van der Waals surface area contributed by atoms with Crippen molar-refractivity contribution in [3.8, 4) is 0 Å². The van der Waals surface area contributed by atoms with Crippen molar-refractivity contribution < 1.29 is 4.79 Å². The Morgan fingerprint density at radius 2 is 2.03 bits per heavy atom. The van der Waals surface area contributed by atoms with Crippen LogP contribution in [0, 0.1) is 6.92 Å². The van der Waals surface area contributed by atoms with E-state index in [2.05, 4.69) is 22.0 Å². The number of carbonyl (C=O) groups excluding carboxylic acids is 1. The first-order valence-electron chi connectivity index (χ1n) is 9.97. The number of halogens is 1. The highest BCUT2D eigenvalue weighted by atomic mass is 35.5. The van der Waals surface area contributed by atoms with Crippen molar-refractivity contribution in [3.05, 3.63) is 56.5 Å². The van der Waals surface area contributed by atoms with Gasteiger partial charge < -0.3 is 0 Å². The van der Waals surface area contributed by atoms with E-state index in [0.717, 1.165) is 18.4 Å². The second kappa shape index (κ2) is 9.22. The van der Waals surface area contributed by atoms with Gasteiger partial charge >= 0.3 is 0 Å². The molecule has 0 aliphatic heterocycles. The summed E-state index contributed by atoms with van der Waals surface area (Å²) in [4.78, 5) is 36.2. The zero-order valence-corrected chi connectivity index (χ0v) is 17.8. The molecular formula is C21H26ClN5O2. The molecule has 1 aromatic carbocycles. The van der Waals surface area contributed by atoms with E-state index in [1.165, 1.54) is 4.52 Å². The number of nitrogens with one attached hydrogen (secondary N) is 1. The first-order chi connectivity index (χ1) is 13.9. The molecule has 0 saturated heterocycles. The lowest BCUT2D eigenvalue weighted by Gasteiger charge is -2.19. The number of aromatic amines is 1. The molecule has 0 atom stereocenters. The van der Waals surface area contributed by atoms with Crippen LogP contribution in [-0.4, -0.2) is 25.5 Å². The number of benzene rings is 1. The van der Waals surface area contributed by atoms with Gasteiger partial charge in [-0.15, -0.1) is 0 Å². The minimum Gasteiger partial charge on any atom is -0.277 e. The maximum Gasteiger partial charge on any atom is 0.277 e. The molecule has 0 aliphatic rings. The summed E-state index contributed by atoms with van der Waals surface area (Å²) in [6, 6.07) is 7.34. The molecule has 3 aromatic rings. The highest BCUT2D eigenvalue weighted by molar-refractivity contribution is 6.30. The third-order valence-electron chi connectivity index (χ3n) is 4.81. The first kappa shape index (κ1) is 21.0.